The Morgan fingerprint density at radius 1 is 1.33 bits per heavy atom. The van der Waals surface area contributed by atoms with Crippen LogP contribution < -0.4 is 27.1 Å². The third-order valence-electron chi connectivity index (χ3n) is 4.41. The monoisotopic (exact) mass is 388 g/mol. The van der Waals surface area contributed by atoms with Crippen molar-refractivity contribution in [2.75, 3.05) is 11.5 Å². The molecule has 1 amide bonds. The van der Waals surface area contributed by atoms with Gasteiger partial charge < -0.3 is 21.4 Å². The van der Waals surface area contributed by atoms with Crippen molar-refractivity contribution in [2.45, 2.75) is 50.7 Å². The fraction of sp³-hybridized carbons (Fsp3) is 0.389. The number of nitrogens with one attached hydrogen (secondary N) is 2. The Morgan fingerprint density at radius 2 is 2.07 bits per heavy atom. The van der Waals surface area contributed by atoms with Crippen LogP contribution in [0.15, 0.2) is 27.9 Å². The molecule has 1 aliphatic carbocycles. The van der Waals surface area contributed by atoms with E-state index in [4.69, 9.17) is 11.5 Å². The fourth-order valence-electron chi connectivity index (χ4n) is 2.57. The number of nitrogen functional groups attached to an aromatic ring is 2. The number of aromatic nitrogens is 2. The van der Waals surface area contributed by atoms with Crippen LogP contribution in [0.4, 0.5) is 11.5 Å². The van der Waals surface area contributed by atoms with Gasteiger partial charge in [0, 0.05) is 24.0 Å². The van der Waals surface area contributed by atoms with E-state index in [-0.39, 0.29) is 23.7 Å². The van der Waals surface area contributed by atoms with Crippen molar-refractivity contribution in [3.05, 3.63) is 45.5 Å². The van der Waals surface area contributed by atoms with E-state index < -0.39 is 0 Å². The van der Waals surface area contributed by atoms with Crippen LogP contribution in [0.3, 0.4) is 0 Å². The predicted molar refractivity (Wildman–Crippen MR) is 107 cm³/mol. The second-order valence-corrected chi connectivity index (χ2v) is 7.59. The molecule has 2 aromatic heterocycles. The van der Waals surface area contributed by atoms with Gasteiger partial charge in [0.1, 0.15) is 18.1 Å². The molecule has 6 N–H and O–H groups in total. The molecule has 8 nitrogen and oxygen atoms in total. The van der Waals surface area contributed by atoms with Gasteiger partial charge in [-0.2, -0.15) is 0 Å². The van der Waals surface area contributed by atoms with Crippen LogP contribution in [0.2, 0.25) is 0 Å². The SMILES string of the molecule is Cc1nc(N)ccc1CNC(=O)Cn1c(C)cc(SNC2CC2)c(N)c1=O. The van der Waals surface area contributed by atoms with Crippen LogP contribution in [-0.4, -0.2) is 21.5 Å². The molecule has 9 heteroatoms. The zero-order valence-corrected chi connectivity index (χ0v) is 16.2. The summed E-state index contributed by atoms with van der Waals surface area (Å²) in [5.74, 6) is 0.168. The highest BCUT2D eigenvalue weighted by molar-refractivity contribution is 7.97. The van der Waals surface area contributed by atoms with Gasteiger partial charge in [-0.1, -0.05) is 6.07 Å². The minimum Gasteiger partial charge on any atom is -0.393 e. The van der Waals surface area contributed by atoms with E-state index in [1.54, 1.807) is 13.0 Å². The first kappa shape index (κ1) is 19.2. The van der Waals surface area contributed by atoms with Gasteiger partial charge in [-0.3, -0.25) is 14.3 Å². The van der Waals surface area contributed by atoms with Crippen LogP contribution in [0.25, 0.3) is 0 Å². The first-order valence-electron chi connectivity index (χ1n) is 8.76. The normalized spacial score (nSPS) is 13.6. The molecule has 0 aromatic carbocycles. The zero-order chi connectivity index (χ0) is 19.6. The first-order valence-corrected chi connectivity index (χ1v) is 9.57. The summed E-state index contributed by atoms with van der Waals surface area (Å²) < 4.78 is 4.66. The van der Waals surface area contributed by atoms with Crippen molar-refractivity contribution >= 4 is 29.4 Å². The number of aryl methyl sites for hydroxylation is 2. The Hall–Kier alpha value is -2.52. The number of nitrogens with zero attached hydrogens (tertiary/aromatic N) is 2. The molecule has 2 aromatic rings. The minimum absolute atomic E-state index is 0.0860. The van der Waals surface area contributed by atoms with Crippen LogP contribution in [0.1, 0.15) is 29.8 Å². The van der Waals surface area contributed by atoms with Crippen molar-refractivity contribution < 1.29 is 4.79 Å². The maximum absolute atomic E-state index is 12.6. The molecule has 1 fully saturated rings. The smallest absolute Gasteiger partial charge is 0.275 e. The summed E-state index contributed by atoms with van der Waals surface area (Å²) in [4.78, 5) is 29.7. The summed E-state index contributed by atoms with van der Waals surface area (Å²) in [5.41, 5.74) is 13.8. The molecule has 0 atom stereocenters. The molecule has 2 heterocycles. The fourth-order valence-corrected chi connectivity index (χ4v) is 3.53. The van der Waals surface area contributed by atoms with Gasteiger partial charge in [-0.25, -0.2) is 4.98 Å². The van der Waals surface area contributed by atoms with Crippen molar-refractivity contribution in [1.82, 2.24) is 19.6 Å². The van der Waals surface area contributed by atoms with Crippen molar-refractivity contribution in [1.29, 1.82) is 0 Å². The highest BCUT2D eigenvalue weighted by Crippen LogP contribution is 2.27. The standard InChI is InChI=1S/C18H24N6O2S/c1-10-7-14(27-23-13-4-5-13)17(20)18(26)24(10)9-16(25)21-8-12-3-6-15(19)22-11(12)2/h3,6-7,13,23H,4-5,8-9,20H2,1-2H3,(H2,19,22)(H,21,25). The molecule has 0 aliphatic heterocycles. The molecule has 1 aliphatic rings. The number of carbonyl (C=O) groups excluding carboxylic acids is 1. The quantitative estimate of drug-likeness (QED) is 0.523. The van der Waals surface area contributed by atoms with E-state index in [9.17, 15) is 9.59 Å². The average molecular weight is 388 g/mol. The number of hydrogen-bond donors (Lipinski definition) is 4. The Kier molecular flexibility index (Phi) is 5.71. The Morgan fingerprint density at radius 3 is 2.74 bits per heavy atom. The Bertz CT molecular complexity index is 923. The molecule has 27 heavy (non-hydrogen) atoms. The van der Waals surface area contributed by atoms with Gasteiger partial charge >= 0.3 is 0 Å². The lowest BCUT2D eigenvalue weighted by Gasteiger charge is -2.14. The summed E-state index contributed by atoms with van der Waals surface area (Å²) in [7, 11) is 0. The number of nitrogens with two attached hydrogens (primary N) is 2. The van der Waals surface area contributed by atoms with Gasteiger partial charge in [0.2, 0.25) is 5.91 Å². The van der Waals surface area contributed by atoms with E-state index in [1.165, 1.54) is 16.5 Å². The van der Waals surface area contributed by atoms with E-state index in [1.807, 2.05) is 19.1 Å². The number of amides is 1. The van der Waals surface area contributed by atoms with Gasteiger partial charge in [0.05, 0.1) is 4.90 Å². The Labute approximate surface area is 161 Å². The topological polar surface area (TPSA) is 128 Å². The molecule has 0 bridgehead atoms. The van der Waals surface area contributed by atoms with Crippen molar-refractivity contribution in [2.24, 2.45) is 0 Å². The second-order valence-electron chi connectivity index (χ2n) is 6.71. The highest BCUT2D eigenvalue weighted by atomic mass is 32.2. The molecule has 0 radical (unpaired) electrons. The van der Waals surface area contributed by atoms with Crippen LogP contribution >= 0.6 is 11.9 Å². The highest BCUT2D eigenvalue weighted by Gasteiger charge is 2.22. The van der Waals surface area contributed by atoms with Crippen LogP contribution in [-0.2, 0) is 17.9 Å². The summed E-state index contributed by atoms with van der Waals surface area (Å²) in [6.45, 7) is 3.86. The number of hydrogen-bond acceptors (Lipinski definition) is 7. The number of rotatable bonds is 7. The minimum atomic E-state index is -0.351. The van der Waals surface area contributed by atoms with E-state index in [2.05, 4.69) is 15.0 Å². The van der Waals surface area contributed by atoms with Crippen LogP contribution in [0, 0.1) is 13.8 Å². The maximum Gasteiger partial charge on any atom is 0.275 e. The first-order chi connectivity index (χ1) is 12.8. The third-order valence-corrected chi connectivity index (χ3v) is 5.42. The number of anilines is 2. The van der Waals surface area contributed by atoms with Crippen molar-refractivity contribution in [3.8, 4) is 0 Å². The summed E-state index contributed by atoms with van der Waals surface area (Å²) in [6.07, 6.45) is 2.29. The molecule has 1 saturated carbocycles. The van der Waals surface area contributed by atoms with Crippen LogP contribution in [0.5, 0.6) is 0 Å². The summed E-state index contributed by atoms with van der Waals surface area (Å²) >= 11 is 1.38. The summed E-state index contributed by atoms with van der Waals surface area (Å²) in [5, 5.41) is 2.81. The molecule has 144 valence electrons. The second kappa shape index (κ2) is 8.01. The maximum atomic E-state index is 12.6. The number of carbonyl (C=O) groups is 1. The predicted octanol–water partition coefficient (Wildman–Crippen LogP) is 1.10. The van der Waals surface area contributed by atoms with Gasteiger partial charge in [0.25, 0.3) is 5.56 Å². The zero-order valence-electron chi connectivity index (χ0n) is 15.4. The average Bonchev–Trinajstić information content (AvgIpc) is 3.44. The third kappa shape index (κ3) is 4.81. The lowest BCUT2D eigenvalue weighted by Crippen LogP contribution is -2.34. The lowest BCUT2D eigenvalue weighted by atomic mass is 10.2. The largest absolute Gasteiger partial charge is 0.393 e. The molecular formula is C18H24N6O2S. The van der Waals surface area contributed by atoms with Gasteiger partial charge in [-0.05, 0) is 56.3 Å². The lowest BCUT2D eigenvalue weighted by molar-refractivity contribution is -0.121. The van der Waals surface area contributed by atoms with Crippen molar-refractivity contribution in [3.63, 3.8) is 0 Å². The Balaban J connectivity index is 1.66. The van der Waals surface area contributed by atoms with E-state index in [0.29, 0.717) is 29.0 Å². The number of pyridine rings is 2. The molecule has 3 rings (SSSR count). The molecule has 0 saturated heterocycles. The summed E-state index contributed by atoms with van der Waals surface area (Å²) in [6, 6.07) is 5.84. The molecular weight excluding hydrogens is 364 g/mol. The van der Waals surface area contributed by atoms with E-state index in [0.717, 1.165) is 24.1 Å². The van der Waals surface area contributed by atoms with Gasteiger partial charge in [-0.15, -0.1) is 0 Å². The van der Waals surface area contributed by atoms with E-state index >= 15 is 0 Å². The molecule has 0 spiro atoms. The van der Waals surface area contributed by atoms with Gasteiger partial charge in [0.15, 0.2) is 0 Å². The molecule has 0 unspecified atom stereocenters.